The zero-order chi connectivity index (χ0) is 13.4. The molecule has 2 aliphatic heterocycles. The molecule has 1 aromatic rings. The normalized spacial score (nSPS) is 25.8. The number of carbonyl (C=O) groups excluding carboxylic acids is 1. The summed E-state index contributed by atoms with van der Waals surface area (Å²) in [4.78, 5) is 14.2. The second-order valence-electron chi connectivity index (χ2n) is 5.49. The number of aryl methyl sites for hydroxylation is 2. The van der Waals surface area contributed by atoms with Crippen molar-refractivity contribution in [2.24, 2.45) is 5.92 Å². The van der Waals surface area contributed by atoms with Gasteiger partial charge < -0.3 is 9.47 Å². The molecule has 0 saturated carbocycles. The number of esters is 1. The number of fused-ring (bicyclic) bond motifs is 1. The van der Waals surface area contributed by atoms with Crippen molar-refractivity contribution in [3.8, 4) is 5.75 Å². The third-order valence-electron chi connectivity index (χ3n) is 4.06. The highest BCUT2D eigenvalue weighted by atomic mass is 16.5. The molecule has 0 radical (unpaired) electrons. The summed E-state index contributed by atoms with van der Waals surface area (Å²) in [5.41, 5.74) is 2.00. The second kappa shape index (κ2) is 4.94. The first-order valence-electron chi connectivity index (χ1n) is 6.74. The Morgan fingerprint density at radius 3 is 2.79 bits per heavy atom. The van der Waals surface area contributed by atoms with Gasteiger partial charge in [0.1, 0.15) is 5.75 Å². The minimum Gasteiger partial charge on any atom is -0.425 e. The summed E-state index contributed by atoms with van der Waals surface area (Å²) >= 11 is 0. The highest BCUT2D eigenvalue weighted by Crippen LogP contribution is 2.30. The quantitative estimate of drug-likeness (QED) is 0.611. The van der Waals surface area contributed by atoms with Crippen LogP contribution >= 0.6 is 0 Å². The minimum absolute atomic E-state index is 0.178. The Hall–Kier alpha value is -1.39. The molecule has 19 heavy (non-hydrogen) atoms. The summed E-state index contributed by atoms with van der Waals surface area (Å²) in [5, 5.41) is 0. The number of ether oxygens (including phenoxy) is 2. The summed E-state index contributed by atoms with van der Waals surface area (Å²) in [5.74, 6) is 1.14. The lowest BCUT2D eigenvalue weighted by Gasteiger charge is -2.42. The molecule has 2 unspecified atom stereocenters. The third kappa shape index (κ3) is 2.38. The molecule has 3 rings (SSSR count). The van der Waals surface area contributed by atoms with Crippen molar-refractivity contribution in [2.75, 3.05) is 26.3 Å². The number of nitrogens with zero attached hydrogens (tertiary/aromatic N) is 1. The fourth-order valence-electron chi connectivity index (χ4n) is 2.92. The fourth-order valence-corrected chi connectivity index (χ4v) is 2.92. The molecule has 0 aliphatic carbocycles. The molecule has 2 atom stereocenters. The molecular weight excluding hydrogens is 242 g/mol. The van der Waals surface area contributed by atoms with E-state index in [0.717, 1.165) is 30.9 Å². The zero-order valence-electron chi connectivity index (χ0n) is 11.4. The largest absolute Gasteiger partial charge is 0.425 e. The predicted molar refractivity (Wildman–Crippen MR) is 71.2 cm³/mol. The summed E-state index contributed by atoms with van der Waals surface area (Å²) in [6, 6.07) is 6.31. The van der Waals surface area contributed by atoms with Crippen molar-refractivity contribution in [2.45, 2.75) is 19.9 Å². The van der Waals surface area contributed by atoms with Crippen molar-refractivity contribution in [1.29, 1.82) is 0 Å². The van der Waals surface area contributed by atoms with Crippen LogP contribution in [0.2, 0.25) is 0 Å². The fraction of sp³-hybridized carbons (Fsp3) is 0.533. The van der Waals surface area contributed by atoms with Gasteiger partial charge in [0.2, 0.25) is 0 Å². The van der Waals surface area contributed by atoms with E-state index in [2.05, 4.69) is 4.90 Å². The van der Waals surface area contributed by atoms with E-state index < -0.39 is 0 Å². The predicted octanol–water partition coefficient (Wildman–Crippen LogP) is 1.54. The van der Waals surface area contributed by atoms with E-state index in [9.17, 15) is 4.79 Å². The van der Waals surface area contributed by atoms with Crippen molar-refractivity contribution < 1.29 is 14.3 Å². The van der Waals surface area contributed by atoms with Gasteiger partial charge in [-0.2, -0.15) is 0 Å². The minimum atomic E-state index is -0.178. The molecule has 0 bridgehead atoms. The Morgan fingerprint density at radius 2 is 2.11 bits per heavy atom. The average Bonchev–Trinajstić information content (AvgIpc) is 2.73. The number of likely N-dealkylation sites (tertiary alicyclic amines) is 1. The van der Waals surface area contributed by atoms with Crippen LogP contribution in [0.3, 0.4) is 0 Å². The van der Waals surface area contributed by atoms with E-state index in [-0.39, 0.29) is 5.97 Å². The number of hydrogen-bond donors (Lipinski definition) is 0. The molecule has 2 fully saturated rings. The number of benzene rings is 1. The van der Waals surface area contributed by atoms with Crippen LogP contribution in [-0.2, 0) is 9.53 Å². The lowest BCUT2D eigenvalue weighted by Crippen LogP contribution is -2.57. The van der Waals surface area contributed by atoms with Crippen LogP contribution in [0.5, 0.6) is 5.75 Å². The summed E-state index contributed by atoms with van der Waals surface area (Å²) < 4.78 is 10.9. The van der Waals surface area contributed by atoms with E-state index in [1.807, 2.05) is 32.0 Å². The Kier molecular flexibility index (Phi) is 3.29. The molecule has 0 spiro atoms. The summed E-state index contributed by atoms with van der Waals surface area (Å²) in [7, 11) is 0. The number of rotatable bonds is 3. The first-order valence-corrected chi connectivity index (χ1v) is 6.74. The monoisotopic (exact) mass is 261 g/mol. The van der Waals surface area contributed by atoms with Crippen LogP contribution in [0.25, 0.3) is 0 Å². The molecular formula is C15H19NO3. The highest BCUT2D eigenvalue weighted by molar-refractivity contribution is 5.75. The van der Waals surface area contributed by atoms with Gasteiger partial charge in [-0.15, -0.1) is 0 Å². The summed E-state index contributed by atoms with van der Waals surface area (Å²) in [6.45, 7) is 6.82. The zero-order valence-corrected chi connectivity index (χ0v) is 11.4. The first-order chi connectivity index (χ1) is 9.15. The van der Waals surface area contributed by atoms with Gasteiger partial charge in [-0.25, -0.2) is 0 Å². The van der Waals surface area contributed by atoms with E-state index in [1.165, 1.54) is 0 Å². The SMILES string of the molecule is Cc1cccc(C)c1OC(=O)CN1CC2COCC21. The number of para-hydroxylation sites is 1. The molecule has 4 nitrogen and oxygen atoms in total. The van der Waals surface area contributed by atoms with Gasteiger partial charge in [-0.3, -0.25) is 9.69 Å². The van der Waals surface area contributed by atoms with Gasteiger partial charge in [0.25, 0.3) is 0 Å². The standard InChI is InChI=1S/C15H19NO3/c1-10-4-3-5-11(2)15(10)19-14(17)7-16-6-12-8-18-9-13(12)16/h3-5,12-13H,6-9H2,1-2H3. The van der Waals surface area contributed by atoms with Crippen LogP contribution in [0.15, 0.2) is 18.2 Å². The van der Waals surface area contributed by atoms with E-state index >= 15 is 0 Å². The Labute approximate surface area is 113 Å². The topological polar surface area (TPSA) is 38.8 Å². The van der Waals surface area contributed by atoms with Gasteiger partial charge >= 0.3 is 5.97 Å². The number of hydrogen-bond acceptors (Lipinski definition) is 4. The highest BCUT2D eigenvalue weighted by Gasteiger charge is 2.43. The Bertz CT molecular complexity index is 480. The van der Waals surface area contributed by atoms with Gasteiger partial charge in [-0.1, -0.05) is 18.2 Å². The van der Waals surface area contributed by atoms with Crippen LogP contribution in [0.4, 0.5) is 0 Å². The van der Waals surface area contributed by atoms with Crippen molar-refractivity contribution in [3.05, 3.63) is 29.3 Å². The molecule has 2 aliphatic rings. The maximum atomic E-state index is 12.0. The summed E-state index contributed by atoms with van der Waals surface area (Å²) in [6.07, 6.45) is 0. The molecule has 0 aromatic heterocycles. The second-order valence-corrected chi connectivity index (χ2v) is 5.49. The number of carbonyl (C=O) groups is 1. The molecule has 102 valence electrons. The van der Waals surface area contributed by atoms with Gasteiger partial charge in [0.15, 0.2) is 0 Å². The smallest absolute Gasteiger partial charge is 0.325 e. The lowest BCUT2D eigenvalue weighted by atomic mass is 9.92. The first kappa shape index (κ1) is 12.6. The van der Waals surface area contributed by atoms with Crippen LogP contribution in [-0.4, -0.2) is 43.2 Å². The van der Waals surface area contributed by atoms with Crippen molar-refractivity contribution >= 4 is 5.97 Å². The van der Waals surface area contributed by atoms with Crippen molar-refractivity contribution in [3.63, 3.8) is 0 Å². The molecule has 4 heteroatoms. The Balaban J connectivity index is 1.60. The van der Waals surface area contributed by atoms with Crippen LogP contribution < -0.4 is 4.74 Å². The lowest BCUT2D eigenvalue weighted by molar-refractivity contribution is -0.138. The van der Waals surface area contributed by atoms with Gasteiger partial charge in [0.05, 0.1) is 19.8 Å². The van der Waals surface area contributed by atoms with Crippen LogP contribution in [0, 0.1) is 19.8 Å². The van der Waals surface area contributed by atoms with Gasteiger partial charge in [0, 0.05) is 18.5 Å². The molecule has 0 amide bonds. The maximum Gasteiger partial charge on any atom is 0.325 e. The molecule has 2 saturated heterocycles. The van der Waals surface area contributed by atoms with Crippen LogP contribution in [0.1, 0.15) is 11.1 Å². The van der Waals surface area contributed by atoms with E-state index in [4.69, 9.17) is 9.47 Å². The van der Waals surface area contributed by atoms with Crippen molar-refractivity contribution in [1.82, 2.24) is 4.90 Å². The molecule has 1 aromatic carbocycles. The maximum absolute atomic E-state index is 12.0. The Morgan fingerprint density at radius 1 is 1.37 bits per heavy atom. The average molecular weight is 261 g/mol. The third-order valence-corrected chi connectivity index (χ3v) is 4.06. The molecule has 0 N–H and O–H groups in total. The van der Waals surface area contributed by atoms with E-state index in [1.54, 1.807) is 0 Å². The van der Waals surface area contributed by atoms with Gasteiger partial charge in [-0.05, 0) is 25.0 Å². The molecule has 2 heterocycles. The van der Waals surface area contributed by atoms with E-state index in [0.29, 0.717) is 24.3 Å².